The Bertz CT molecular complexity index is 3170. The first-order valence-electron chi connectivity index (χ1n) is 21.2. The van der Waals surface area contributed by atoms with E-state index in [1.807, 2.05) is 11.3 Å². The highest BCUT2D eigenvalue weighted by molar-refractivity contribution is 7.25. The largest absolute Gasteiger partial charge is 0.310 e. The first kappa shape index (κ1) is 38.3. The summed E-state index contributed by atoms with van der Waals surface area (Å²) in [4.78, 5) is 4.97. The van der Waals surface area contributed by atoms with Gasteiger partial charge in [0.25, 0.3) is 0 Å². The molecule has 0 saturated heterocycles. The first-order valence-corrected chi connectivity index (χ1v) is 22.0. The van der Waals surface area contributed by atoms with Gasteiger partial charge >= 0.3 is 0 Å². The number of rotatable bonds is 8. The van der Waals surface area contributed by atoms with Crippen molar-refractivity contribution in [3.63, 3.8) is 0 Å². The van der Waals surface area contributed by atoms with E-state index < -0.39 is 0 Å². The number of nitrogens with zero attached hydrogens (tertiary/aromatic N) is 2. The highest BCUT2D eigenvalue weighted by Gasteiger charge is 2.29. The van der Waals surface area contributed by atoms with Gasteiger partial charge in [0.1, 0.15) is 0 Å². The molecule has 10 aromatic rings. The maximum atomic E-state index is 2.50. The van der Waals surface area contributed by atoms with Crippen molar-refractivity contribution in [2.45, 2.75) is 40.0 Å². The number of hydrogen-bond acceptors (Lipinski definition) is 3. The lowest BCUT2D eigenvalue weighted by molar-refractivity contribution is 0.590. The number of benzene rings is 9. The van der Waals surface area contributed by atoms with Crippen molar-refractivity contribution in [3.05, 3.63) is 217 Å². The molecular formula is C58H48N2S. The van der Waals surface area contributed by atoms with Crippen LogP contribution < -0.4 is 9.80 Å². The maximum Gasteiger partial charge on any atom is 0.0564 e. The lowest BCUT2D eigenvalue weighted by Crippen LogP contribution is -2.19. The minimum Gasteiger partial charge on any atom is -0.310 e. The van der Waals surface area contributed by atoms with E-state index in [0.717, 1.165) is 45.3 Å². The third kappa shape index (κ3) is 7.36. The zero-order chi connectivity index (χ0) is 41.7. The molecule has 0 radical (unpaired) electrons. The Hall–Kier alpha value is -6.94. The van der Waals surface area contributed by atoms with E-state index in [1.165, 1.54) is 58.8 Å². The molecule has 61 heavy (non-hydrogen) atoms. The molecule has 296 valence electrons. The van der Waals surface area contributed by atoms with Crippen molar-refractivity contribution in [1.82, 2.24) is 0 Å². The smallest absolute Gasteiger partial charge is 0.0564 e. The second-order valence-electron chi connectivity index (χ2n) is 17.2. The summed E-state index contributed by atoms with van der Waals surface area (Å²) >= 11 is 1.86. The molecule has 0 unspecified atom stereocenters. The Morgan fingerprint density at radius 2 is 0.869 bits per heavy atom. The van der Waals surface area contributed by atoms with Crippen LogP contribution in [0.3, 0.4) is 0 Å². The van der Waals surface area contributed by atoms with Crippen LogP contribution in [0, 0.1) is 13.8 Å². The quantitative estimate of drug-likeness (QED) is 0.151. The van der Waals surface area contributed by atoms with Gasteiger partial charge in [0.2, 0.25) is 0 Å². The highest BCUT2D eigenvalue weighted by atomic mass is 32.1. The van der Waals surface area contributed by atoms with Gasteiger partial charge in [0.05, 0.1) is 11.4 Å². The summed E-state index contributed by atoms with van der Waals surface area (Å²) in [6, 6.07) is 74.1. The topological polar surface area (TPSA) is 6.48 Å². The third-order valence-electron chi connectivity index (χ3n) is 11.9. The summed E-state index contributed by atoms with van der Waals surface area (Å²) in [5.41, 5.74) is 14.9. The average Bonchev–Trinajstić information content (AvgIpc) is 3.66. The molecule has 9 aromatic carbocycles. The highest BCUT2D eigenvalue weighted by Crippen LogP contribution is 2.52. The van der Waals surface area contributed by atoms with Gasteiger partial charge in [-0.15, -0.1) is 11.3 Å². The molecule has 10 rings (SSSR count). The third-order valence-corrected chi connectivity index (χ3v) is 13.1. The van der Waals surface area contributed by atoms with Crippen molar-refractivity contribution in [2.24, 2.45) is 0 Å². The Morgan fingerprint density at radius 1 is 0.377 bits per heavy atom. The van der Waals surface area contributed by atoms with Gasteiger partial charge in [0, 0.05) is 48.5 Å². The van der Waals surface area contributed by atoms with Crippen molar-refractivity contribution in [2.75, 3.05) is 9.80 Å². The number of fused-ring (bicyclic) bond motifs is 4. The van der Waals surface area contributed by atoms with Gasteiger partial charge < -0.3 is 9.80 Å². The van der Waals surface area contributed by atoms with Gasteiger partial charge in [-0.3, -0.25) is 0 Å². The molecule has 0 aliphatic rings. The van der Waals surface area contributed by atoms with Crippen LogP contribution in [0.1, 0.15) is 37.5 Å². The van der Waals surface area contributed by atoms with Gasteiger partial charge in [-0.25, -0.2) is 0 Å². The molecule has 0 aliphatic carbocycles. The SMILES string of the molecule is Cc1ccc(N(c2ccc(-c3ccccc3)cc2)c2cc(C(C)(C)C)cc(N(c3ccc(C)cc3)c3ccc4c(c3)sc3ccccc34)c2-c2ccc3ccccc3c2)cc1. The van der Waals surface area contributed by atoms with Crippen molar-refractivity contribution >= 4 is 76.4 Å². The van der Waals surface area contributed by atoms with E-state index in [9.17, 15) is 0 Å². The second-order valence-corrected chi connectivity index (χ2v) is 18.3. The summed E-state index contributed by atoms with van der Waals surface area (Å²) in [6.45, 7) is 11.3. The van der Waals surface area contributed by atoms with E-state index in [1.54, 1.807) is 0 Å². The Morgan fingerprint density at radius 3 is 1.51 bits per heavy atom. The zero-order valence-electron chi connectivity index (χ0n) is 35.4. The van der Waals surface area contributed by atoms with Crippen LogP contribution in [0.15, 0.2) is 200 Å². The standard InChI is InChI=1S/C58H48N2S/c1-39-19-27-47(28-20-39)59(49-31-25-43(26-32-49)41-13-7-6-8-14-41)53-36-46(58(3,4)5)37-54(57(53)45-24-23-42-15-9-10-16-44(42)35-45)60(48-29-21-40(2)22-30-48)50-33-34-52-51-17-11-12-18-55(51)61-56(52)38-50/h6-38H,1-5H3. The van der Waals surface area contributed by atoms with E-state index >= 15 is 0 Å². The van der Waals surface area contributed by atoms with Crippen LogP contribution in [-0.4, -0.2) is 0 Å². The number of anilines is 6. The molecule has 0 atom stereocenters. The molecule has 0 bridgehead atoms. The van der Waals surface area contributed by atoms with Crippen LogP contribution in [0.2, 0.25) is 0 Å². The van der Waals surface area contributed by atoms with Gasteiger partial charge in [0.15, 0.2) is 0 Å². The average molecular weight is 805 g/mol. The van der Waals surface area contributed by atoms with Crippen LogP contribution in [0.5, 0.6) is 0 Å². The predicted octanol–water partition coefficient (Wildman–Crippen LogP) is 17.4. The Kier molecular flexibility index (Phi) is 9.78. The van der Waals surface area contributed by atoms with E-state index in [-0.39, 0.29) is 5.41 Å². The van der Waals surface area contributed by atoms with Crippen LogP contribution in [-0.2, 0) is 5.41 Å². The number of thiophene rings is 1. The van der Waals surface area contributed by atoms with E-state index in [4.69, 9.17) is 0 Å². The molecule has 2 nitrogen and oxygen atoms in total. The summed E-state index contributed by atoms with van der Waals surface area (Å²) in [6.07, 6.45) is 0. The van der Waals surface area contributed by atoms with Crippen molar-refractivity contribution < 1.29 is 0 Å². The lowest BCUT2D eigenvalue weighted by atomic mass is 9.83. The summed E-state index contributed by atoms with van der Waals surface area (Å²) in [5, 5.41) is 5.02. The van der Waals surface area contributed by atoms with Crippen LogP contribution >= 0.6 is 11.3 Å². The minimum atomic E-state index is -0.171. The molecule has 0 amide bonds. The normalized spacial score (nSPS) is 11.7. The molecule has 1 aromatic heterocycles. The van der Waals surface area contributed by atoms with Gasteiger partial charge in [-0.1, -0.05) is 159 Å². The molecule has 1 heterocycles. The number of aryl methyl sites for hydroxylation is 2. The number of hydrogen-bond donors (Lipinski definition) is 0. The lowest BCUT2D eigenvalue weighted by Gasteiger charge is -2.35. The molecule has 0 spiro atoms. The first-order chi connectivity index (χ1) is 29.7. The van der Waals surface area contributed by atoms with Crippen molar-refractivity contribution in [3.8, 4) is 22.3 Å². The summed E-state index contributed by atoms with van der Waals surface area (Å²) in [7, 11) is 0. The van der Waals surface area contributed by atoms with E-state index in [0.29, 0.717) is 0 Å². The Labute approximate surface area is 363 Å². The predicted molar refractivity (Wildman–Crippen MR) is 265 cm³/mol. The fraction of sp³-hybridized carbons (Fsp3) is 0.103. The van der Waals surface area contributed by atoms with Gasteiger partial charge in [-0.05, 0) is 125 Å². The van der Waals surface area contributed by atoms with E-state index in [2.05, 4.69) is 245 Å². The zero-order valence-corrected chi connectivity index (χ0v) is 36.2. The minimum absolute atomic E-state index is 0.171. The second kappa shape index (κ2) is 15.6. The van der Waals surface area contributed by atoms with Crippen LogP contribution in [0.25, 0.3) is 53.2 Å². The van der Waals surface area contributed by atoms with Crippen LogP contribution in [0.4, 0.5) is 34.1 Å². The molecule has 0 fully saturated rings. The molecular weight excluding hydrogens is 757 g/mol. The van der Waals surface area contributed by atoms with Gasteiger partial charge in [-0.2, -0.15) is 0 Å². The Balaban J connectivity index is 1.31. The van der Waals surface area contributed by atoms with Crippen molar-refractivity contribution in [1.29, 1.82) is 0 Å². The molecule has 0 saturated carbocycles. The monoisotopic (exact) mass is 804 g/mol. The fourth-order valence-corrected chi connectivity index (χ4v) is 9.71. The molecule has 0 N–H and O–H groups in total. The maximum absolute atomic E-state index is 2.50. The summed E-state index contributed by atoms with van der Waals surface area (Å²) in [5.74, 6) is 0. The molecule has 0 aliphatic heterocycles. The summed E-state index contributed by atoms with van der Waals surface area (Å²) < 4.78 is 2.58. The molecule has 3 heteroatoms. The fourth-order valence-electron chi connectivity index (χ4n) is 8.57.